The summed E-state index contributed by atoms with van der Waals surface area (Å²) in [6.07, 6.45) is 0.0857. The fourth-order valence-corrected chi connectivity index (χ4v) is 2.61. The molecule has 0 heterocycles. The van der Waals surface area contributed by atoms with Gasteiger partial charge in [0.25, 0.3) is 0 Å². The molecule has 21 heavy (non-hydrogen) atoms. The Bertz CT molecular complexity index is 772. The van der Waals surface area contributed by atoms with E-state index in [0.717, 1.165) is 17.2 Å². The van der Waals surface area contributed by atoms with Crippen molar-refractivity contribution in [2.45, 2.75) is 18.2 Å². The van der Waals surface area contributed by atoms with Crippen LogP contribution in [0.15, 0.2) is 53.4 Å². The van der Waals surface area contributed by atoms with Crippen LogP contribution in [0.25, 0.3) is 0 Å². The predicted octanol–water partition coefficient (Wildman–Crippen LogP) is 2.83. The number of nitrogens with one attached hydrogen (secondary N) is 1. The summed E-state index contributed by atoms with van der Waals surface area (Å²) >= 11 is 0. The molecule has 0 radical (unpaired) electrons. The Kier molecular flexibility index (Phi) is 4.37. The van der Waals surface area contributed by atoms with Crippen molar-refractivity contribution in [2.75, 3.05) is 5.32 Å². The Balaban J connectivity index is 2.17. The number of halogens is 1. The maximum absolute atomic E-state index is 13.1. The summed E-state index contributed by atoms with van der Waals surface area (Å²) in [5.74, 6) is -0.406. The molecule has 0 unspecified atom stereocenters. The van der Waals surface area contributed by atoms with Crippen LogP contribution >= 0.6 is 0 Å². The van der Waals surface area contributed by atoms with Crippen molar-refractivity contribution in [1.82, 2.24) is 0 Å². The molecule has 0 aliphatic heterocycles. The highest BCUT2D eigenvalue weighted by Gasteiger charge is 2.18. The van der Waals surface area contributed by atoms with Gasteiger partial charge in [0.05, 0.1) is 12.1 Å². The maximum Gasteiger partial charge on any atom is 0.334 e. The lowest BCUT2D eigenvalue weighted by atomic mass is 10.1. The van der Waals surface area contributed by atoms with Crippen LogP contribution < -0.4 is 5.32 Å². The number of amides is 1. The standard InChI is InChI=1S/C15H14FNO3S/c1-11-5-4-6-12(9-11)10-15(18)17-13-7-2-3-8-14(13)21(16,19)20/h2-9H,10H2,1H3,(H,17,18). The molecule has 0 spiro atoms. The number of rotatable bonds is 4. The van der Waals surface area contributed by atoms with Gasteiger partial charge in [-0.3, -0.25) is 4.79 Å². The lowest BCUT2D eigenvalue weighted by molar-refractivity contribution is -0.115. The van der Waals surface area contributed by atoms with E-state index in [0.29, 0.717) is 0 Å². The van der Waals surface area contributed by atoms with Gasteiger partial charge in [0.15, 0.2) is 0 Å². The van der Waals surface area contributed by atoms with E-state index >= 15 is 0 Å². The van der Waals surface area contributed by atoms with Crippen molar-refractivity contribution >= 4 is 21.8 Å². The zero-order valence-corrected chi connectivity index (χ0v) is 12.2. The van der Waals surface area contributed by atoms with E-state index in [1.807, 2.05) is 25.1 Å². The lowest BCUT2D eigenvalue weighted by Gasteiger charge is -2.08. The largest absolute Gasteiger partial charge is 0.334 e. The third-order valence-corrected chi connectivity index (χ3v) is 3.75. The number of para-hydroxylation sites is 1. The van der Waals surface area contributed by atoms with Crippen molar-refractivity contribution in [3.05, 3.63) is 59.7 Å². The topological polar surface area (TPSA) is 63.2 Å². The predicted molar refractivity (Wildman–Crippen MR) is 78.2 cm³/mol. The molecule has 2 aromatic rings. The van der Waals surface area contributed by atoms with Gasteiger partial charge in [-0.25, -0.2) is 0 Å². The van der Waals surface area contributed by atoms with E-state index in [9.17, 15) is 17.1 Å². The SMILES string of the molecule is Cc1cccc(CC(=O)Nc2ccccc2S(=O)(=O)F)c1. The Morgan fingerprint density at radius 1 is 1.14 bits per heavy atom. The van der Waals surface area contributed by atoms with Crippen LogP contribution in [0, 0.1) is 6.92 Å². The van der Waals surface area contributed by atoms with Crippen molar-refractivity contribution in [1.29, 1.82) is 0 Å². The van der Waals surface area contributed by atoms with Crippen LogP contribution in [0.5, 0.6) is 0 Å². The first-order valence-electron chi connectivity index (χ1n) is 6.25. The highest BCUT2D eigenvalue weighted by atomic mass is 32.3. The minimum atomic E-state index is -4.87. The van der Waals surface area contributed by atoms with E-state index in [1.165, 1.54) is 18.2 Å². The molecule has 2 aromatic carbocycles. The minimum Gasteiger partial charge on any atom is -0.325 e. The molecule has 2 rings (SSSR count). The fourth-order valence-electron chi connectivity index (χ4n) is 1.98. The first kappa shape index (κ1) is 15.2. The summed E-state index contributed by atoms with van der Waals surface area (Å²) in [6, 6.07) is 12.8. The van der Waals surface area contributed by atoms with Crippen LogP contribution in [-0.4, -0.2) is 14.3 Å². The summed E-state index contributed by atoms with van der Waals surface area (Å²) in [5.41, 5.74) is 1.76. The Morgan fingerprint density at radius 2 is 1.86 bits per heavy atom. The second kappa shape index (κ2) is 6.05. The summed E-state index contributed by atoms with van der Waals surface area (Å²) in [7, 11) is -4.87. The Labute approximate surface area is 122 Å². The zero-order valence-electron chi connectivity index (χ0n) is 11.3. The molecule has 0 aliphatic rings. The lowest BCUT2D eigenvalue weighted by Crippen LogP contribution is -2.16. The summed E-state index contributed by atoms with van der Waals surface area (Å²) in [6.45, 7) is 1.91. The molecule has 6 heteroatoms. The van der Waals surface area contributed by atoms with Gasteiger partial charge >= 0.3 is 10.2 Å². The summed E-state index contributed by atoms with van der Waals surface area (Å²) in [4.78, 5) is 11.4. The van der Waals surface area contributed by atoms with Crippen molar-refractivity contribution in [2.24, 2.45) is 0 Å². The normalized spacial score (nSPS) is 11.1. The van der Waals surface area contributed by atoms with E-state index in [4.69, 9.17) is 0 Å². The van der Waals surface area contributed by atoms with Crippen LogP contribution in [0.3, 0.4) is 0 Å². The summed E-state index contributed by atoms with van der Waals surface area (Å²) < 4.78 is 35.2. The van der Waals surface area contributed by atoms with Gasteiger partial charge in [-0.05, 0) is 24.6 Å². The Morgan fingerprint density at radius 3 is 2.52 bits per heavy atom. The molecule has 0 aromatic heterocycles. The molecule has 4 nitrogen and oxygen atoms in total. The number of benzene rings is 2. The van der Waals surface area contributed by atoms with Gasteiger partial charge in [-0.2, -0.15) is 8.42 Å². The van der Waals surface area contributed by atoms with Crippen molar-refractivity contribution in [3.8, 4) is 0 Å². The highest BCUT2D eigenvalue weighted by Crippen LogP contribution is 2.22. The van der Waals surface area contributed by atoms with Crippen LogP contribution in [-0.2, 0) is 21.4 Å². The second-order valence-corrected chi connectivity index (χ2v) is 5.96. The van der Waals surface area contributed by atoms with Gasteiger partial charge in [-0.1, -0.05) is 42.0 Å². The molecule has 0 aliphatic carbocycles. The molecule has 0 atom stereocenters. The molecule has 0 bridgehead atoms. The van der Waals surface area contributed by atoms with Crippen molar-refractivity contribution < 1.29 is 17.1 Å². The monoisotopic (exact) mass is 307 g/mol. The van der Waals surface area contributed by atoms with E-state index in [2.05, 4.69) is 5.32 Å². The van der Waals surface area contributed by atoms with Gasteiger partial charge in [-0.15, -0.1) is 3.89 Å². The molecule has 110 valence electrons. The van der Waals surface area contributed by atoms with Gasteiger partial charge in [0.2, 0.25) is 5.91 Å². The van der Waals surface area contributed by atoms with E-state index < -0.39 is 21.0 Å². The van der Waals surface area contributed by atoms with Crippen LogP contribution in [0.1, 0.15) is 11.1 Å². The average molecular weight is 307 g/mol. The van der Waals surface area contributed by atoms with Crippen LogP contribution in [0.2, 0.25) is 0 Å². The number of hydrogen-bond acceptors (Lipinski definition) is 3. The highest BCUT2D eigenvalue weighted by molar-refractivity contribution is 7.86. The number of aryl methyl sites for hydroxylation is 1. The molecule has 1 N–H and O–H groups in total. The summed E-state index contributed by atoms with van der Waals surface area (Å²) in [5, 5.41) is 2.43. The number of carbonyl (C=O) groups is 1. The zero-order chi connectivity index (χ0) is 15.5. The smallest absolute Gasteiger partial charge is 0.325 e. The molecular formula is C15H14FNO3S. The van der Waals surface area contributed by atoms with Crippen LogP contribution in [0.4, 0.5) is 9.57 Å². The number of carbonyl (C=O) groups excluding carboxylic acids is 1. The van der Waals surface area contributed by atoms with Gasteiger partial charge < -0.3 is 5.32 Å². The molecular weight excluding hydrogens is 293 g/mol. The minimum absolute atomic E-state index is 0.0577. The first-order valence-corrected chi connectivity index (χ1v) is 7.64. The fraction of sp³-hybridized carbons (Fsp3) is 0.133. The molecule has 0 saturated heterocycles. The third-order valence-electron chi connectivity index (χ3n) is 2.87. The van der Waals surface area contributed by atoms with Crippen molar-refractivity contribution in [3.63, 3.8) is 0 Å². The molecule has 0 fully saturated rings. The average Bonchev–Trinajstić information content (AvgIpc) is 2.37. The van der Waals surface area contributed by atoms with Gasteiger partial charge in [0, 0.05) is 0 Å². The van der Waals surface area contributed by atoms with E-state index in [-0.39, 0.29) is 12.1 Å². The quantitative estimate of drug-likeness (QED) is 0.883. The number of anilines is 1. The first-order chi connectivity index (χ1) is 9.86. The van der Waals surface area contributed by atoms with E-state index in [1.54, 1.807) is 6.07 Å². The Hall–Kier alpha value is -2.21. The third kappa shape index (κ3) is 4.13. The number of hydrogen-bond donors (Lipinski definition) is 1. The second-order valence-electron chi connectivity index (χ2n) is 4.65. The molecule has 1 amide bonds. The maximum atomic E-state index is 13.1. The molecule has 0 saturated carbocycles. The van der Waals surface area contributed by atoms with Gasteiger partial charge in [0.1, 0.15) is 4.90 Å².